The molecule has 0 fully saturated rings. The molecule has 24 heavy (non-hydrogen) atoms. The Morgan fingerprint density at radius 2 is 1.83 bits per heavy atom. The fourth-order valence-electron chi connectivity index (χ4n) is 3.22. The van der Waals surface area contributed by atoms with Crippen LogP contribution in [0.1, 0.15) is 41.8 Å². The van der Waals surface area contributed by atoms with Gasteiger partial charge < -0.3 is 4.74 Å². The van der Waals surface area contributed by atoms with Crippen molar-refractivity contribution in [3.8, 4) is 5.75 Å². The van der Waals surface area contributed by atoms with Gasteiger partial charge in [-0.2, -0.15) is 0 Å². The van der Waals surface area contributed by atoms with Gasteiger partial charge >= 0.3 is 0 Å². The van der Waals surface area contributed by atoms with Crippen LogP contribution in [0, 0.1) is 20.8 Å². The lowest BCUT2D eigenvalue weighted by atomic mass is 10.0. The predicted octanol–water partition coefficient (Wildman–Crippen LogP) is 4.23. The van der Waals surface area contributed by atoms with E-state index in [0.29, 0.717) is 0 Å². The molecule has 3 aromatic rings. The molecule has 1 aromatic carbocycles. The molecule has 1 aliphatic heterocycles. The summed E-state index contributed by atoms with van der Waals surface area (Å²) in [7, 11) is 0. The lowest BCUT2D eigenvalue weighted by Gasteiger charge is -2.31. The van der Waals surface area contributed by atoms with Gasteiger partial charge in [0.15, 0.2) is 5.72 Å². The molecule has 3 heterocycles. The number of fused-ring (bicyclic) bond motifs is 2. The lowest BCUT2D eigenvalue weighted by Crippen LogP contribution is -2.33. The highest BCUT2D eigenvalue weighted by molar-refractivity contribution is 6.14. The number of hydrogen-bond donors (Lipinski definition) is 0. The summed E-state index contributed by atoms with van der Waals surface area (Å²) in [6, 6.07) is 8.30. The van der Waals surface area contributed by atoms with Gasteiger partial charge in [-0.25, -0.2) is 9.98 Å². The Labute approximate surface area is 141 Å². The Kier molecular flexibility index (Phi) is 3.07. The van der Waals surface area contributed by atoms with Crippen molar-refractivity contribution in [3.63, 3.8) is 0 Å². The number of aliphatic imine (C=N–C) groups is 1. The maximum absolute atomic E-state index is 6.12. The zero-order chi connectivity index (χ0) is 17.1. The molecule has 1 aliphatic rings. The summed E-state index contributed by atoms with van der Waals surface area (Å²) in [6.07, 6.45) is 3.98. The van der Waals surface area contributed by atoms with Crippen LogP contribution in [0.25, 0.3) is 5.65 Å². The molecule has 0 N–H and O–H groups in total. The number of rotatable bonds is 1. The number of pyridine rings is 1. The molecule has 4 nitrogen and oxygen atoms in total. The van der Waals surface area contributed by atoms with Crippen LogP contribution in [0.4, 0.5) is 0 Å². The van der Waals surface area contributed by atoms with Crippen molar-refractivity contribution in [2.24, 2.45) is 4.99 Å². The number of hydrogen-bond acceptors (Lipinski definition) is 3. The second-order valence-electron chi connectivity index (χ2n) is 6.92. The number of nitrogens with zero attached hydrogens (tertiary/aromatic N) is 3. The predicted molar refractivity (Wildman–Crippen MR) is 96.2 cm³/mol. The molecule has 0 saturated heterocycles. The minimum Gasteiger partial charge on any atom is -0.466 e. The summed E-state index contributed by atoms with van der Waals surface area (Å²) in [5, 5.41) is 0. The van der Waals surface area contributed by atoms with Gasteiger partial charge in [0.2, 0.25) is 0 Å². The Morgan fingerprint density at radius 3 is 2.62 bits per heavy atom. The van der Waals surface area contributed by atoms with Gasteiger partial charge in [0, 0.05) is 11.8 Å². The van der Waals surface area contributed by atoms with E-state index < -0.39 is 5.72 Å². The molecule has 0 aliphatic carbocycles. The Hall–Kier alpha value is -2.62. The van der Waals surface area contributed by atoms with Gasteiger partial charge in [0.1, 0.15) is 11.4 Å². The molecule has 0 unspecified atom stereocenters. The van der Waals surface area contributed by atoms with Gasteiger partial charge in [0.05, 0.1) is 17.6 Å². The van der Waals surface area contributed by atoms with Gasteiger partial charge in [-0.3, -0.25) is 4.40 Å². The molecule has 4 heteroatoms. The van der Waals surface area contributed by atoms with Crippen LogP contribution in [-0.4, -0.2) is 20.8 Å². The van der Waals surface area contributed by atoms with E-state index in [1.807, 2.05) is 26.1 Å². The topological polar surface area (TPSA) is 38.9 Å². The van der Waals surface area contributed by atoms with Crippen molar-refractivity contribution in [1.29, 1.82) is 0 Å². The molecular formula is C20H21N3O. The second-order valence-corrected chi connectivity index (χ2v) is 6.92. The van der Waals surface area contributed by atoms with Crippen molar-refractivity contribution in [2.75, 3.05) is 0 Å². The molecule has 122 valence electrons. The molecular weight excluding hydrogens is 298 g/mol. The molecule has 2 aromatic heterocycles. The molecule has 0 bridgehead atoms. The summed E-state index contributed by atoms with van der Waals surface area (Å²) in [5.74, 6) is 0.909. The smallest absolute Gasteiger partial charge is 0.195 e. The number of para-hydroxylation sites is 1. The molecule has 0 atom stereocenters. The minimum atomic E-state index is -0.599. The van der Waals surface area contributed by atoms with E-state index in [9.17, 15) is 0 Å². The Balaban J connectivity index is 2.01. The first-order chi connectivity index (χ1) is 11.4. The van der Waals surface area contributed by atoms with Crippen LogP contribution in [0.15, 0.2) is 41.7 Å². The van der Waals surface area contributed by atoms with Crippen molar-refractivity contribution in [2.45, 2.75) is 40.3 Å². The van der Waals surface area contributed by atoms with Gasteiger partial charge in [-0.05, 0) is 63.4 Å². The van der Waals surface area contributed by atoms with Crippen LogP contribution < -0.4 is 4.74 Å². The summed E-state index contributed by atoms with van der Waals surface area (Å²) in [4.78, 5) is 9.51. The van der Waals surface area contributed by atoms with Crippen molar-refractivity contribution >= 4 is 11.4 Å². The molecule has 4 rings (SSSR count). The Bertz CT molecular complexity index is 996. The van der Waals surface area contributed by atoms with Crippen LogP contribution in [0.2, 0.25) is 0 Å². The third-order valence-electron chi connectivity index (χ3n) is 4.64. The normalized spacial score (nSPS) is 15.8. The highest BCUT2D eigenvalue weighted by Gasteiger charge is 2.31. The first kappa shape index (κ1) is 14.9. The zero-order valence-corrected chi connectivity index (χ0v) is 14.7. The standard InChI is InChI=1S/C20H21N3O/c1-12-9-10-23-16(11-21-19(23)14(12)3)17-15-8-6-7-13(2)18(15)24-20(4,5)22-17/h6-11H,1-5H3. The SMILES string of the molecule is Cc1cccc2c1OC(C)(C)N=C2c1cnc2c(C)c(C)ccn12. The molecule has 0 saturated carbocycles. The van der Waals surface area contributed by atoms with Crippen molar-refractivity contribution < 1.29 is 4.74 Å². The number of benzene rings is 1. The summed E-state index contributed by atoms with van der Waals surface area (Å²) < 4.78 is 8.24. The molecule has 0 radical (unpaired) electrons. The summed E-state index contributed by atoms with van der Waals surface area (Å²) in [6.45, 7) is 10.3. The quantitative estimate of drug-likeness (QED) is 0.673. The van der Waals surface area contributed by atoms with E-state index in [0.717, 1.165) is 33.9 Å². The third-order valence-corrected chi connectivity index (χ3v) is 4.64. The fourth-order valence-corrected chi connectivity index (χ4v) is 3.22. The highest BCUT2D eigenvalue weighted by Crippen LogP contribution is 2.35. The van der Waals surface area contributed by atoms with Crippen LogP contribution in [0.5, 0.6) is 5.75 Å². The average Bonchev–Trinajstić information content (AvgIpc) is 2.95. The van der Waals surface area contributed by atoms with E-state index in [1.165, 1.54) is 11.1 Å². The van der Waals surface area contributed by atoms with Crippen LogP contribution >= 0.6 is 0 Å². The van der Waals surface area contributed by atoms with E-state index in [4.69, 9.17) is 9.73 Å². The summed E-state index contributed by atoms with van der Waals surface area (Å²) >= 11 is 0. The zero-order valence-electron chi connectivity index (χ0n) is 14.7. The van der Waals surface area contributed by atoms with E-state index >= 15 is 0 Å². The minimum absolute atomic E-state index is 0.599. The maximum Gasteiger partial charge on any atom is 0.195 e. The van der Waals surface area contributed by atoms with Crippen LogP contribution in [-0.2, 0) is 0 Å². The van der Waals surface area contributed by atoms with Gasteiger partial charge in [-0.15, -0.1) is 0 Å². The van der Waals surface area contributed by atoms with Gasteiger partial charge in [-0.1, -0.05) is 12.1 Å². The van der Waals surface area contributed by atoms with E-state index in [1.54, 1.807) is 0 Å². The van der Waals surface area contributed by atoms with E-state index in [-0.39, 0.29) is 0 Å². The van der Waals surface area contributed by atoms with Gasteiger partial charge in [0.25, 0.3) is 0 Å². The molecule has 0 amide bonds. The first-order valence-electron chi connectivity index (χ1n) is 8.20. The largest absolute Gasteiger partial charge is 0.466 e. The average molecular weight is 319 g/mol. The maximum atomic E-state index is 6.12. The number of aryl methyl sites for hydroxylation is 3. The second kappa shape index (κ2) is 4.94. The number of ether oxygens (including phenoxy) is 1. The van der Waals surface area contributed by atoms with Crippen molar-refractivity contribution in [3.05, 3.63) is 64.6 Å². The van der Waals surface area contributed by atoms with Crippen molar-refractivity contribution in [1.82, 2.24) is 9.38 Å². The summed E-state index contributed by atoms with van der Waals surface area (Å²) in [5.41, 5.74) is 6.88. The first-order valence-corrected chi connectivity index (χ1v) is 8.20. The Morgan fingerprint density at radius 1 is 1.04 bits per heavy atom. The van der Waals surface area contributed by atoms with Crippen LogP contribution in [0.3, 0.4) is 0 Å². The molecule has 0 spiro atoms. The monoisotopic (exact) mass is 319 g/mol. The number of imidazole rings is 1. The lowest BCUT2D eigenvalue weighted by molar-refractivity contribution is 0.114. The highest BCUT2D eigenvalue weighted by atomic mass is 16.5. The fraction of sp³-hybridized carbons (Fsp3) is 0.300. The third kappa shape index (κ3) is 2.13. The van der Waals surface area contributed by atoms with E-state index in [2.05, 4.69) is 54.6 Å². The number of aromatic nitrogens is 2.